The first-order chi connectivity index (χ1) is 5.70. The molecule has 0 aromatic heterocycles. The van der Waals surface area contributed by atoms with E-state index < -0.39 is 0 Å². The number of aliphatic imine (C=N–C) groups is 1. The molecule has 0 fully saturated rings. The molecule has 0 heterocycles. The van der Waals surface area contributed by atoms with Crippen LogP contribution in [0.3, 0.4) is 0 Å². The van der Waals surface area contributed by atoms with Crippen LogP contribution in [0.4, 0.5) is 0 Å². The highest BCUT2D eigenvalue weighted by molar-refractivity contribution is 5.78. The van der Waals surface area contributed by atoms with E-state index >= 15 is 0 Å². The first-order valence-corrected chi connectivity index (χ1v) is 3.64. The second-order valence-corrected chi connectivity index (χ2v) is 2.37. The van der Waals surface area contributed by atoms with Gasteiger partial charge in [0.25, 0.3) is 0 Å². The van der Waals surface area contributed by atoms with Gasteiger partial charge in [-0.15, -0.1) is 0 Å². The Balaban J connectivity index is 3.70. The lowest BCUT2D eigenvalue weighted by Gasteiger charge is -2.14. The molecular formula is C6H17N5O. The summed E-state index contributed by atoms with van der Waals surface area (Å²) in [5.41, 5.74) is 5.31. The molecule has 4 N–H and O–H groups in total. The second-order valence-electron chi connectivity index (χ2n) is 2.37. The molecule has 12 heavy (non-hydrogen) atoms. The number of nitrogens with zero attached hydrogens (tertiary/aromatic N) is 2. The van der Waals surface area contributed by atoms with E-state index in [0.29, 0.717) is 19.1 Å². The first kappa shape index (κ1) is 11.2. The van der Waals surface area contributed by atoms with Crippen LogP contribution in [0, 0.1) is 0 Å². The van der Waals surface area contributed by atoms with Crippen molar-refractivity contribution in [3.05, 3.63) is 0 Å². The molecule has 0 radical (unpaired) electrons. The molecule has 0 aliphatic heterocycles. The van der Waals surface area contributed by atoms with Crippen LogP contribution in [0.15, 0.2) is 4.99 Å². The van der Waals surface area contributed by atoms with E-state index in [1.165, 1.54) is 0 Å². The third kappa shape index (κ3) is 5.90. The molecule has 0 aromatic rings. The first-order valence-electron chi connectivity index (χ1n) is 3.64. The maximum absolute atomic E-state index is 5.19. The Labute approximate surface area is 72.7 Å². The standard InChI is InChI=1S/C6H17N5O/c1-11(2)10-6(9-7)8-4-5-12-3/h4-5,7H2,1-3H3,(H2,8,9,10). The van der Waals surface area contributed by atoms with Crippen molar-refractivity contribution in [1.82, 2.24) is 15.9 Å². The quantitative estimate of drug-likeness (QED) is 0.160. The molecule has 0 saturated carbocycles. The van der Waals surface area contributed by atoms with Crippen molar-refractivity contribution in [2.24, 2.45) is 10.8 Å². The van der Waals surface area contributed by atoms with Gasteiger partial charge in [-0.2, -0.15) is 0 Å². The van der Waals surface area contributed by atoms with Gasteiger partial charge in [0.05, 0.1) is 13.2 Å². The average molecular weight is 175 g/mol. The van der Waals surface area contributed by atoms with Gasteiger partial charge < -0.3 is 4.74 Å². The summed E-state index contributed by atoms with van der Waals surface area (Å²) < 4.78 is 4.82. The van der Waals surface area contributed by atoms with Crippen molar-refractivity contribution < 1.29 is 4.74 Å². The number of rotatable bonds is 4. The summed E-state index contributed by atoms with van der Waals surface area (Å²) >= 11 is 0. The summed E-state index contributed by atoms with van der Waals surface area (Å²) in [6.07, 6.45) is 0. The van der Waals surface area contributed by atoms with Crippen LogP contribution < -0.4 is 16.7 Å². The molecule has 0 aromatic carbocycles. The second kappa shape index (κ2) is 6.84. The Hall–Kier alpha value is -0.850. The van der Waals surface area contributed by atoms with Crippen molar-refractivity contribution in [3.63, 3.8) is 0 Å². The topological polar surface area (TPSA) is 74.9 Å². The van der Waals surface area contributed by atoms with Gasteiger partial charge in [0.1, 0.15) is 0 Å². The van der Waals surface area contributed by atoms with Crippen LogP contribution in [-0.4, -0.2) is 45.3 Å². The number of nitrogens with two attached hydrogens (primary N) is 1. The molecule has 0 spiro atoms. The summed E-state index contributed by atoms with van der Waals surface area (Å²) in [5.74, 6) is 5.72. The van der Waals surface area contributed by atoms with Gasteiger partial charge in [-0.25, -0.2) is 15.8 Å². The minimum absolute atomic E-state index is 0.525. The van der Waals surface area contributed by atoms with E-state index in [-0.39, 0.29) is 0 Å². The van der Waals surface area contributed by atoms with Gasteiger partial charge in [0.2, 0.25) is 5.96 Å². The Kier molecular flexibility index (Phi) is 6.35. The minimum atomic E-state index is 0.525. The predicted octanol–water partition coefficient (Wildman–Crippen LogP) is -1.48. The molecule has 0 amide bonds. The number of hydrazine groups is 2. The largest absolute Gasteiger partial charge is 0.383 e. The maximum Gasteiger partial charge on any atom is 0.220 e. The highest BCUT2D eigenvalue weighted by Crippen LogP contribution is 1.73. The molecule has 0 rings (SSSR count). The van der Waals surface area contributed by atoms with E-state index in [2.05, 4.69) is 15.8 Å². The fourth-order valence-electron chi connectivity index (χ4n) is 0.574. The highest BCUT2D eigenvalue weighted by Gasteiger charge is 1.94. The fraction of sp³-hybridized carbons (Fsp3) is 0.833. The SMILES string of the molecule is COCCN=C(NN)NN(C)C. The highest BCUT2D eigenvalue weighted by atomic mass is 16.5. The van der Waals surface area contributed by atoms with Gasteiger partial charge >= 0.3 is 0 Å². The Bertz CT molecular complexity index is 136. The van der Waals surface area contributed by atoms with Gasteiger partial charge in [-0.3, -0.25) is 10.9 Å². The Morgan fingerprint density at radius 1 is 1.58 bits per heavy atom. The zero-order valence-electron chi connectivity index (χ0n) is 7.79. The smallest absolute Gasteiger partial charge is 0.220 e. The lowest BCUT2D eigenvalue weighted by Crippen LogP contribution is -2.47. The number of nitrogens with one attached hydrogen (secondary N) is 2. The van der Waals surface area contributed by atoms with Gasteiger partial charge in [0.15, 0.2) is 0 Å². The number of ether oxygens (including phenoxy) is 1. The Morgan fingerprint density at radius 2 is 2.25 bits per heavy atom. The molecule has 6 nitrogen and oxygen atoms in total. The van der Waals surface area contributed by atoms with E-state index in [4.69, 9.17) is 10.6 Å². The summed E-state index contributed by atoms with van der Waals surface area (Å²) in [6.45, 7) is 1.16. The molecule has 6 heteroatoms. The molecule has 0 saturated heterocycles. The minimum Gasteiger partial charge on any atom is -0.383 e. The maximum atomic E-state index is 5.19. The third-order valence-corrected chi connectivity index (χ3v) is 1.03. The van der Waals surface area contributed by atoms with E-state index in [0.717, 1.165) is 0 Å². The number of guanidine groups is 1. The van der Waals surface area contributed by atoms with Gasteiger partial charge in [-0.1, -0.05) is 0 Å². The summed E-state index contributed by atoms with van der Waals surface area (Å²) in [7, 11) is 5.33. The van der Waals surface area contributed by atoms with Crippen molar-refractivity contribution >= 4 is 5.96 Å². The van der Waals surface area contributed by atoms with Crippen LogP contribution in [0.1, 0.15) is 0 Å². The molecule has 0 bridgehead atoms. The lowest BCUT2D eigenvalue weighted by molar-refractivity contribution is 0.207. The number of hydrogen-bond donors (Lipinski definition) is 3. The van der Waals surface area contributed by atoms with Crippen LogP contribution in [0.2, 0.25) is 0 Å². The molecule has 0 atom stereocenters. The van der Waals surface area contributed by atoms with Crippen LogP contribution in [0.5, 0.6) is 0 Å². The molecule has 0 aliphatic rings. The third-order valence-electron chi connectivity index (χ3n) is 1.03. The summed E-state index contributed by atoms with van der Waals surface area (Å²) in [5, 5.41) is 1.74. The van der Waals surface area contributed by atoms with Crippen LogP contribution >= 0.6 is 0 Å². The van der Waals surface area contributed by atoms with E-state index in [1.807, 2.05) is 14.1 Å². The van der Waals surface area contributed by atoms with Crippen molar-refractivity contribution in [1.29, 1.82) is 0 Å². The average Bonchev–Trinajstić information content (AvgIpc) is 2.02. The predicted molar refractivity (Wildman–Crippen MR) is 48.3 cm³/mol. The number of hydrogen-bond acceptors (Lipinski definition) is 4. The van der Waals surface area contributed by atoms with Gasteiger partial charge in [0, 0.05) is 21.2 Å². The molecule has 72 valence electrons. The molecular weight excluding hydrogens is 158 g/mol. The number of methoxy groups -OCH3 is 1. The zero-order valence-corrected chi connectivity index (χ0v) is 7.79. The Morgan fingerprint density at radius 3 is 2.67 bits per heavy atom. The van der Waals surface area contributed by atoms with Crippen LogP contribution in [0.25, 0.3) is 0 Å². The fourth-order valence-corrected chi connectivity index (χ4v) is 0.574. The lowest BCUT2D eigenvalue weighted by atomic mass is 10.7. The van der Waals surface area contributed by atoms with E-state index in [1.54, 1.807) is 12.1 Å². The summed E-state index contributed by atoms with van der Waals surface area (Å²) in [6, 6.07) is 0. The molecule has 0 unspecified atom stereocenters. The van der Waals surface area contributed by atoms with Crippen molar-refractivity contribution in [2.45, 2.75) is 0 Å². The monoisotopic (exact) mass is 175 g/mol. The zero-order chi connectivity index (χ0) is 9.40. The van der Waals surface area contributed by atoms with Crippen LogP contribution in [-0.2, 0) is 4.74 Å². The van der Waals surface area contributed by atoms with Gasteiger partial charge in [-0.05, 0) is 0 Å². The van der Waals surface area contributed by atoms with Crippen molar-refractivity contribution in [2.75, 3.05) is 34.4 Å². The van der Waals surface area contributed by atoms with Crippen molar-refractivity contribution in [3.8, 4) is 0 Å². The molecule has 0 aliphatic carbocycles. The normalized spacial score (nSPS) is 11.9. The van der Waals surface area contributed by atoms with E-state index in [9.17, 15) is 0 Å². The summed E-state index contributed by atoms with van der Waals surface area (Å²) in [4.78, 5) is 4.07.